The molecule has 2 aromatic heterocycles. The maximum absolute atomic E-state index is 13.9. The second-order valence-corrected chi connectivity index (χ2v) is 10.9. The van der Waals surface area contributed by atoms with Gasteiger partial charge in [-0.2, -0.15) is 0 Å². The van der Waals surface area contributed by atoms with Gasteiger partial charge >= 0.3 is 0 Å². The van der Waals surface area contributed by atoms with Crippen LogP contribution in [0.1, 0.15) is 78.9 Å². The van der Waals surface area contributed by atoms with Gasteiger partial charge in [0.1, 0.15) is 11.3 Å². The molecule has 210 valence electrons. The summed E-state index contributed by atoms with van der Waals surface area (Å²) in [5.41, 5.74) is 4.66. The van der Waals surface area contributed by atoms with Crippen LogP contribution in [0.4, 0.5) is 5.69 Å². The van der Waals surface area contributed by atoms with Crippen molar-refractivity contribution in [3.05, 3.63) is 62.8 Å². The molecule has 8 heteroatoms. The number of nitrogens with zero attached hydrogens (tertiary/aromatic N) is 2. The summed E-state index contributed by atoms with van der Waals surface area (Å²) in [6.07, 6.45) is 6.36. The Morgan fingerprint density at radius 2 is 1.90 bits per heavy atom. The van der Waals surface area contributed by atoms with E-state index in [0.717, 1.165) is 85.9 Å². The first-order chi connectivity index (χ1) is 19.0. The second kappa shape index (κ2) is 12.4. The molecule has 0 aliphatic carbocycles. The number of likely N-dealkylation sites (tertiary alicyclic amines) is 1. The van der Waals surface area contributed by atoms with Gasteiger partial charge in [-0.1, -0.05) is 19.4 Å². The van der Waals surface area contributed by atoms with Crippen molar-refractivity contribution in [3.63, 3.8) is 0 Å². The number of nitrogens with one attached hydrogen (secondary N) is 2. The number of hydrogen-bond donors (Lipinski definition) is 2. The third-order valence-corrected chi connectivity index (χ3v) is 8.23. The van der Waals surface area contributed by atoms with E-state index in [-0.39, 0.29) is 18.0 Å². The van der Waals surface area contributed by atoms with Crippen LogP contribution in [0.3, 0.4) is 0 Å². The van der Waals surface area contributed by atoms with E-state index in [1.807, 2.05) is 13.0 Å². The number of furan rings is 1. The molecule has 0 saturated carbocycles. The molecule has 8 nitrogen and oxygen atoms in total. The van der Waals surface area contributed by atoms with Crippen molar-refractivity contribution < 1.29 is 13.9 Å². The summed E-state index contributed by atoms with van der Waals surface area (Å²) in [6, 6.07) is 8.20. The molecule has 2 fully saturated rings. The normalized spacial score (nSPS) is 17.0. The number of piperidine rings is 1. The maximum Gasteiger partial charge on any atom is 0.253 e. The minimum absolute atomic E-state index is 0.166. The number of H-pyrrole nitrogens is 1. The number of aromatic amines is 1. The van der Waals surface area contributed by atoms with Crippen LogP contribution >= 0.6 is 0 Å². The van der Waals surface area contributed by atoms with E-state index in [1.54, 1.807) is 6.07 Å². The van der Waals surface area contributed by atoms with Crippen LogP contribution in [0.5, 0.6) is 0 Å². The molecule has 39 heavy (non-hydrogen) atoms. The third-order valence-electron chi connectivity index (χ3n) is 8.23. The zero-order valence-electron chi connectivity index (χ0n) is 23.6. The predicted octanol–water partition coefficient (Wildman–Crippen LogP) is 4.91. The average molecular weight is 535 g/mol. The molecule has 2 saturated heterocycles. The quantitative estimate of drug-likeness (QED) is 0.405. The summed E-state index contributed by atoms with van der Waals surface area (Å²) in [5.74, 6) is 0.719. The highest BCUT2D eigenvalue weighted by Crippen LogP contribution is 2.37. The first-order valence-corrected chi connectivity index (χ1v) is 14.6. The first-order valence-electron chi connectivity index (χ1n) is 14.6. The van der Waals surface area contributed by atoms with E-state index in [4.69, 9.17) is 9.15 Å². The van der Waals surface area contributed by atoms with Gasteiger partial charge in [0.2, 0.25) is 0 Å². The van der Waals surface area contributed by atoms with Crippen molar-refractivity contribution >= 4 is 22.6 Å². The van der Waals surface area contributed by atoms with Crippen LogP contribution in [0.2, 0.25) is 0 Å². The number of pyridine rings is 1. The van der Waals surface area contributed by atoms with E-state index in [1.165, 1.54) is 19.3 Å². The number of anilines is 1. The molecule has 0 atom stereocenters. The number of aryl methyl sites for hydroxylation is 1. The lowest BCUT2D eigenvalue weighted by Gasteiger charge is -2.37. The van der Waals surface area contributed by atoms with Gasteiger partial charge in [0.25, 0.3) is 11.5 Å². The van der Waals surface area contributed by atoms with E-state index in [9.17, 15) is 9.59 Å². The van der Waals surface area contributed by atoms with Crippen molar-refractivity contribution in [2.45, 2.75) is 78.4 Å². The smallest absolute Gasteiger partial charge is 0.253 e. The predicted molar refractivity (Wildman–Crippen MR) is 155 cm³/mol. The number of fused-ring (bicyclic) bond motifs is 1. The van der Waals surface area contributed by atoms with Gasteiger partial charge in [0.15, 0.2) is 0 Å². The summed E-state index contributed by atoms with van der Waals surface area (Å²) in [4.78, 5) is 34.0. The van der Waals surface area contributed by atoms with Crippen molar-refractivity contribution in [1.29, 1.82) is 0 Å². The fraction of sp³-hybridized carbons (Fsp3) is 0.548. The molecule has 4 heterocycles. The number of amides is 1. The minimum Gasteiger partial charge on any atom is -0.460 e. The standard InChI is InChI=1S/C31H42N4O4/c1-4-25-27(35(5-2)23-11-15-38-16-12-23)18-28-26(17-24(39-28)20-34-13-7-6-8-14-34)29(25)31(37)32-19-22-10-9-21(3)33-30(22)36/h9-10,17-18,23H,4-8,11-16,19-20H2,1-3H3,(H,32,37)(H,33,36). The van der Waals surface area contributed by atoms with Crippen LogP contribution in [0.25, 0.3) is 11.0 Å². The summed E-state index contributed by atoms with van der Waals surface area (Å²) in [6.45, 7) is 11.5. The molecule has 0 unspecified atom stereocenters. The van der Waals surface area contributed by atoms with Crippen LogP contribution in [-0.4, -0.2) is 54.7 Å². The Morgan fingerprint density at radius 3 is 2.59 bits per heavy atom. The molecule has 1 amide bonds. The summed E-state index contributed by atoms with van der Waals surface area (Å²) in [7, 11) is 0. The zero-order chi connectivity index (χ0) is 27.4. The van der Waals surface area contributed by atoms with Gasteiger partial charge in [0.05, 0.1) is 12.1 Å². The lowest BCUT2D eigenvalue weighted by molar-refractivity contribution is 0.0845. The number of benzene rings is 1. The van der Waals surface area contributed by atoms with Crippen molar-refractivity contribution in [2.75, 3.05) is 37.7 Å². The van der Waals surface area contributed by atoms with Gasteiger partial charge in [-0.15, -0.1) is 0 Å². The third kappa shape index (κ3) is 6.07. The van der Waals surface area contributed by atoms with Crippen LogP contribution in [-0.2, 0) is 24.2 Å². The monoisotopic (exact) mass is 534 g/mol. The number of aromatic nitrogens is 1. The molecule has 2 aliphatic heterocycles. The Bertz CT molecular complexity index is 1350. The minimum atomic E-state index is -0.174. The lowest BCUT2D eigenvalue weighted by atomic mass is 9.95. The van der Waals surface area contributed by atoms with Gasteiger partial charge in [-0.25, -0.2) is 0 Å². The van der Waals surface area contributed by atoms with Crippen molar-refractivity contribution in [3.8, 4) is 0 Å². The SMILES string of the molecule is CCc1c(N(CC)C2CCOCC2)cc2oc(CN3CCCCC3)cc2c1C(=O)NCc1ccc(C)[nH]c1=O. The summed E-state index contributed by atoms with van der Waals surface area (Å²) < 4.78 is 12.1. The number of hydrogen-bond acceptors (Lipinski definition) is 6. The molecule has 2 aliphatic rings. The largest absolute Gasteiger partial charge is 0.460 e. The van der Waals surface area contributed by atoms with Gasteiger partial charge < -0.3 is 24.4 Å². The Balaban J connectivity index is 1.54. The van der Waals surface area contributed by atoms with E-state index in [0.29, 0.717) is 23.6 Å². The van der Waals surface area contributed by atoms with E-state index in [2.05, 4.69) is 46.1 Å². The first kappa shape index (κ1) is 27.5. The number of ether oxygens (including phenoxy) is 1. The summed E-state index contributed by atoms with van der Waals surface area (Å²) >= 11 is 0. The van der Waals surface area contributed by atoms with Crippen LogP contribution in [0.15, 0.2) is 33.5 Å². The van der Waals surface area contributed by atoms with Gasteiger partial charge in [-0.3, -0.25) is 14.5 Å². The lowest BCUT2D eigenvalue weighted by Crippen LogP contribution is -2.40. The second-order valence-electron chi connectivity index (χ2n) is 10.9. The highest BCUT2D eigenvalue weighted by atomic mass is 16.5. The van der Waals surface area contributed by atoms with Crippen LogP contribution in [0, 0.1) is 6.92 Å². The fourth-order valence-electron chi connectivity index (χ4n) is 6.18. The van der Waals surface area contributed by atoms with Crippen molar-refractivity contribution in [1.82, 2.24) is 15.2 Å². The van der Waals surface area contributed by atoms with Gasteiger partial charge in [-0.05, 0) is 76.7 Å². The topological polar surface area (TPSA) is 90.8 Å². The number of rotatable bonds is 9. The Hall–Kier alpha value is -3.10. The number of carbonyl (C=O) groups is 1. The Kier molecular flexibility index (Phi) is 8.72. The molecule has 5 rings (SSSR count). The van der Waals surface area contributed by atoms with E-state index >= 15 is 0 Å². The van der Waals surface area contributed by atoms with Crippen LogP contribution < -0.4 is 15.8 Å². The molecule has 2 N–H and O–H groups in total. The van der Waals surface area contributed by atoms with E-state index < -0.39 is 0 Å². The Labute approximate surface area is 230 Å². The van der Waals surface area contributed by atoms with Crippen molar-refractivity contribution in [2.24, 2.45) is 0 Å². The summed E-state index contributed by atoms with van der Waals surface area (Å²) in [5, 5.41) is 3.90. The molecule has 0 spiro atoms. The fourth-order valence-corrected chi connectivity index (χ4v) is 6.18. The molecule has 1 aromatic carbocycles. The molecule has 0 radical (unpaired) electrons. The maximum atomic E-state index is 13.9. The Morgan fingerprint density at radius 1 is 1.13 bits per heavy atom. The number of carbonyl (C=O) groups excluding carboxylic acids is 1. The molecular formula is C31H42N4O4. The highest BCUT2D eigenvalue weighted by Gasteiger charge is 2.28. The zero-order valence-corrected chi connectivity index (χ0v) is 23.6. The highest BCUT2D eigenvalue weighted by molar-refractivity contribution is 6.09. The van der Waals surface area contributed by atoms with Gasteiger partial charge in [0, 0.05) is 60.7 Å². The average Bonchev–Trinajstić information content (AvgIpc) is 3.35. The molecule has 3 aromatic rings. The molecule has 0 bridgehead atoms. The molecular weight excluding hydrogens is 492 g/mol.